The number of carbonyl (C=O) groups excluding carboxylic acids is 3. The maximum absolute atomic E-state index is 14.8. The molecule has 7 nitrogen and oxygen atoms in total. The minimum atomic E-state index is -0.628. The van der Waals surface area contributed by atoms with Gasteiger partial charge >= 0.3 is 0 Å². The molecule has 3 aliphatic heterocycles. The minimum absolute atomic E-state index is 0.00284. The van der Waals surface area contributed by atoms with Crippen LogP contribution in [0.5, 0.6) is 0 Å². The van der Waals surface area contributed by atoms with Crippen LogP contribution in [0.2, 0.25) is 0 Å². The number of aliphatic hydroxyl groups excluding tert-OH is 1. The maximum atomic E-state index is 14.8. The second-order valence-corrected chi connectivity index (χ2v) is 14.5. The molecule has 4 aliphatic rings. The standard InChI is InChI=1S/C35H49N3O4S/c1-4-19-36(24-26-15-9-6-10-16-26)32(40)29-28-23-25(3)35(43-28)30(29)33(41)38(21-13-8-14-22-39)31(35)34(42)37(20-5-2)27-17-11-7-12-18-27/h4-6,9-10,15-16,25,27-31,39H,1-2,7-8,11-14,17-24H2,3H3/t25?,28-,29+,30-,31?,35?/m0/s1. The van der Waals surface area contributed by atoms with Crippen molar-refractivity contribution >= 4 is 29.5 Å². The van der Waals surface area contributed by atoms with Crippen LogP contribution in [0.15, 0.2) is 55.6 Å². The Hall–Kier alpha value is -2.58. The Bertz CT molecular complexity index is 1170. The van der Waals surface area contributed by atoms with Crippen LogP contribution in [0.25, 0.3) is 0 Å². The van der Waals surface area contributed by atoms with Crippen LogP contribution < -0.4 is 0 Å². The summed E-state index contributed by atoms with van der Waals surface area (Å²) in [5, 5.41) is 9.38. The third-order valence-electron chi connectivity index (χ3n) is 10.3. The number of aliphatic hydroxyl groups is 1. The fourth-order valence-corrected chi connectivity index (χ4v) is 10.8. The molecule has 1 N–H and O–H groups in total. The van der Waals surface area contributed by atoms with Gasteiger partial charge in [0.2, 0.25) is 17.7 Å². The van der Waals surface area contributed by atoms with Crippen molar-refractivity contribution in [2.45, 2.75) is 93.3 Å². The second kappa shape index (κ2) is 14.0. The first-order valence-corrected chi connectivity index (χ1v) is 17.2. The van der Waals surface area contributed by atoms with Gasteiger partial charge in [-0.25, -0.2) is 0 Å². The molecule has 1 aliphatic carbocycles. The van der Waals surface area contributed by atoms with E-state index in [0.717, 1.165) is 50.5 Å². The number of likely N-dealkylation sites (tertiary alicyclic amines) is 1. The van der Waals surface area contributed by atoms with Crippen molar-refractivity contribution in [3.63, 3.8) is 0 Å². The lowest BCUT2D eigenvalue weighted by molar-refractivity contribution is -0.145. The van der Waals surface area contributed by atoms with Crippen LogP contribution in [-0.2, 0) is 20.9 Å². The van der Waals surface area contributed by atoms with E-state index in [1.807, 2.05) is 51.1 Å². The summed E-state index contributed by atoms with van der Waals surface area (Å²) < 4.78 is -0.628. The summed E-state index contributed by atoms with van der Waals surface area (Å²) in [6.45, 7) is 12.0. The van der Waals surface area contributed by atoms with Gasteiger partial charge in [-0.1, -0.05) is 68.7 Å². The smallest absolute Gasteiger partial charge is 0.247 e. The van der Waals surface area contributed by atoms with Crippen LogP contribution in [0.1, 0.15) is 70.3 Å². The molecule has 43 heavy (non-hydrogen) atoms. The van der Waals surface area contributed by atoms with Crippen molar-refractivity contribution < 1.29 is 19.5 Å². The van der Waals surface area contributed by atoms with Gasteiger partial charge in [-0.2, -0.15) is 0 Å². The normalized spacial score (nSPS) is 29.9. The Kier molecular flexibility index (Phi) is 10.4. The highest BCUT2D eigenvalue weighted by atomic mass is 32.2. The SMILES string of the molecule is C=CCN(Cc1ccccc1)C(=O)[C@@H]1[C@@H]2CC(C)C3(S2)C(C(=O)N(CC=C)C2CCCCC2)N(CCCCCO)C(=O)[C@H]13. The van der Waals surface area contributed by atoms with Gasteiger partial charge in [0.1, 0.15) is 6.04 Å². The summed E-state index contributed by atoms with van der Waals surface area (Å²) in [5.41, 5.74) is 1.04. The fraction of sp³-hybridized carbons (Fsp3) is 0.629. The first-order valence-electron chi connectivity index (χ1n) is 16.3. The predicted octanol–water partition coefficient (Wildman–Crippen LogP) is 5.05. The van der Waals surface area contributed by atoms with E-state index in [1.165, 1.54) is 6.42 Å². The number of unbranched alkanes of at least 4 members (excludes halogenated alkanes) is 2. The van der Waals surface area contributed by atoms with Crippen LogP contribution in [0, 0.1) is 17.8 Å². The molecule has 1 aromatic rings. The molecular formula is C35H49N3O4S. The summed E-state index contributed by atoms with van der Waals surface area (Å²) in [5.74, 6) is -0.858. The molecule has 234 valence electrons. The summed E-state index contributed by atoms with van der Waals surface area (Å²) in [7, 11) is 0. The highest BCUT2D eigenvalue weighted by Gasteiger charge is 2.76. The number of amides is 3. The van der Waals surface area contributed by atoms with E-state index in [0.29, 0.717) is 32.6 Å². The monoisotopic (exact) mass is 607 g/mol. The summed E-state index contributed by atoms with van der Waals surface area (Å²) in [6, 6.07) is 9.52. The highest BCUT2D eigenvalue weighted by molar-refractivity contribution is 8.02. The molecule has 3 unspecified atom stereocenters. The number of hydrogen-bond donors (Lipinski definition) is 1. The van der Waals surface area contributed by atoms with Gasteiger partial charge in [0.05, 0.1) is 16.6 Å². The number of nitrogens with zero attached hydrogens (tertiary/aromatic N) is 3. The second-order valence-electron chi connectivity index (χ2n) is 12.9. The lowest BCUT2D eigenvalue weighted by Gasteiger charge is -2.43. The van der Waals surface area contributed by atoms with Crippen molar-refractivity contribution in [2.75, 3.05) is 26.2 Å². The number of benzene rings is 1. The Balaban J connectivity index is 1.50. The average Bonchev–Trinajstić information content (AvgIpc) is 3.61. The Labute approximate surface area is 261 Å². The molecule has 5 rings (SSSR count). The average molecular weight is 608 g/mol. The number of rotatable bonds is 14. The summed E-state index contributed by atoms with van der Waals surface area (Å²) >= 11 is 1.76. The number of thioether (sulfide) groups is 1. The molecule has 8 heteroatoms. The van der Waals surface area contributed by atoms with Gasteiger partial charge in [-0.05, 0) is 50.0 Å². The molecule has 3 amide bonds. The molecule has 3 saturated heterocycles. The first-order chi connectivity index (χ1) is 20.9. The van der Waals surface area contributed by atoms with E-state index in [-0.39, 0.29) is 41.5 Å². The molecule has 3 heterocycles. The lowest BCUT2D eigenvalue weighted by Crippen LogP contribution is -2.59. The quantitative estimate of drug-likeness (QED) is 0.237. The van der Waals surface area contributed by atoms with Crippen molar-refractivity contribution in [1.82, 2.24) is 14.7 Å². The van der Waals surface area contributed by atoms with Crippen molar-refractivity contribution in [1.29, 1.82) is 0 Å². The number of fused-ring (bicyclic) bond motifs is 1. The van der Waals surface area contributed by atoms with E-state index >= 15 is 0 Å². The molecule has 6 atom stereocenters. The Morgan fingerprint density at radius 2 is 1.77 bits per heavy atom. The molecule has 0 radical (unpaired) electrons. The van der Waals surface area contributed by atoms with Crippen LogP contribution in [-0.4, -0.2) is 85.8 Å². The zero-order valence-corrected chi connectivity index (χ0v) is 26.6. The number of carbonyl (C=O) groups is 3. The van der Waals surface area contributed by atoms with E-state index in [9.17, 15) is 19.5 Å². The predicted molar refractivity (Wildman–Crippen MR) is 172 cm³/mol. The molecule has 1 spiro atoms. The van der Waals surface area contributed by atoms with Gasteiger partial charge in [0.15, 0.2) is 0 Å². The third kappa shape index (κ3) is 5.94. The van der Waals surface area contributed by atoms with E-state index in [1.54, 1.807) is 17.8 Å². The van der Waals surface area contributed by atoms with Crippen LogP contribution >= 0.6 is 11.8 Å². The molecule has 0 aromatic heterocycles. The van der Waals surface area contributed by atoms with Gasteiger partial charge in [0, 0.05) is 44.1 Å². The molecule has 1 saturated carbocycles. The van der Waals surface area contributed by atoms with Crippen molar-refractivity contribution in [3.8, 4) is 0 Å². The molecular weight excluding hydrogens is 558 g/mol. The largest absolute Gasteiger partial charge is 0.396 e. The Morgan fingerprint density at radius 3 is 2.44 bits per heavy atom. The van der Waals surface area contributed by atoms with Gasteiger partial charge < -0.3 is 19.8 Å². The highest BCUT2D eigenvalue weighted by Crippen LogP contribution is 2.69. The number of hydrogen-bond acceptors (Lipinski definition) is 5. The van der Waals surface area contributed by atoms with Crippen molar-refractivity contribution in [2.24, 2.45) is 17.8 Å². The summed E-state index contributed by atoms with van der Waals surface area (Å²) in [4.78, 5) is 49.6. The van der Waals surface area contributed by atoms with Crippen molar-refractivity contribution in [3.05, 3.63) is 61.2 Å². The minimum Gasteiger partial charge on any atom is -0.396 e. The topological polar surface area (TPSA) is 81.2 Å². The van der Waals surface area contributed by atoms with E-state index in [4.69, 9.17) is 0 Å². The fourth-order valence-electron chi connectivity index (χ4n) is 8.40. The zero-order chi connectivity index (χ0) is 30.6. The lowest BCUT2D eigenvalue weighted by atomic mass is 9.65. The third-order valence-corrected chi connectivity index (χ3v) is 12.4. The first kappa shape index (κ1) is 31.8. The van der Waals surface area contributed by atoms with E-state index in [2.05, 4.69) is 20.1 Å². The maximum Gasteiger partial charge on any atom is 0.247 e. The van der Waals surface area contributed by atoms with E-state index < -0.39 is 22.6 Å². The molecule has 2 bridgehead atoms. The van der Waals surface area contributed by atoms with Crippen LogP contribution in [0.3, 0.4) is 0 Å². The zero-order valence-electron chi connectivity index (χ0n) is 25.7. The van der Waals surface area contributed by atoms with Crippen LogP contribution in [0.4, 0.5) is 0 Å². The van der Waals surface area contributed by atoms with Gasteiger partial charge in [-0.15, -0.1) is 24.9 Å². The molecule has 1 aromatic carbocycles. The Morgan fingerprint density at radius 1 is 1.05 bits per heavy atom. The summed E-state index contributed by atoms with van der Waals surface area (Å²) in [6.07, 6.45) is 12.0. The van der Waals surface area contributed by atoms with Gasteiger partial charge in [-0.3, -0.25) is 14.4 Å². The van der Waals surface area contributed by atoms with Gasteiger partial charge in [0.25, 0.3) is 0 Å². The molecule has 4 fully saturated rings.